The second-order valence-corrected chi connectivity index (χ2v) is 6.34. The van der Waals surface area contributed by atoms with Crippen LogP contribution in [0.1, 0.15) is 52.7 Å². The fraction of sp³-hybridized carbons (Fsp3) is 0.643. The molecule has 1 unspecified atom stereocenters. The summed E-state index contributed by atoms with van der Waals surface area (Å²) in [6, 6.07) is 2.29. The number of fused-ring (bicyclic) bond motifs is 1. The van der Waals surface area contributed by atoms with Gasteiger partial charge in [0, 0.05) is 16.8 Å². The van der Waals surface area contributed by atoms with E-state index in [1.165, 1.54) is 23.3 Å². The van der Waals surface area contributed by atoms with Crippen LogP contribution in [0.5, 0.6) is 0 Å². The van der Waals surface area contributed by atoms with Gasteiger partial charge in [0.15, 0.2) is 0 Å². The highest BCUT2D eigenvalue weighted by Crippen LogP contribution is 2.29. The summed E-state index contributed by atoms with van der Waals surface area (Å²) in [7, 11) is 0. The molecule has 1 N–H and O–H groups in total. The molecule has 2 nitrogen and oxygen atoms in total. The molecule has 2 rings (SSSR count). The molecular weight excluding hydrogens is 266 g/mol. The van der Waals surface area contributed by atoms with Crippen molar-refractivity contribution in [1.82, 2.24) is 5.32 Å². The average molecular weight is 286 g/mol. The fourth-order valence-corrected chi connectivity index (χ4v) is 3.79. The number of hydrogen-bond acceptors (Lipinski definition) is 2. The summed E-state index contributed by atoms with van der Waals surface area (Å²) in [6.45, 7) is 2.08. The smallest absolute Gasteiger partial charge is 0.261 e. The summed E-state index contributed by atoms with van der Waals surface area (Å²) < 4.78 is 0. The first-order chi connectivity index (χ1) is 8.74. The predicted octanol–water partition coefficient (Wildman–Crippen LogP) is 3.76. The van der Waals surface area contributed by atoms with Gasteiger partial charge in [-0.3, -0.25) is 4.79 Å². The van der Waals surface area contributed by atoms with Gasteiger partial charge in [-0.25, -0.2) is 0 Å². The second kappa shape index (κ2) is 6.58. The van der Waals surface area contributed by atoms with Crippen LogP contribution in [0.3, 0.4) is 0 Å². The number of amides is 1. The Morgan fingerprint density at radius 2 is 2.28 bits per heavy atom. The molecule has 0 aromatic carbocycles. The molecule has 0 aliphatic heterocycles. The molecule has 0 radical (unpaired) electrons. The van der Waals surface area contributed by atoms with Gasteiger partial charge < -0.3 is 5.32 Å². The van der Waals surface area contributed by atoms with E-state index >= 15 is 0 Å². The van der Waals surface area contributed by atoms with Crippen LogP contribution in [-0.4, -0.2) is 17.8 Å². The first kappa shape index (κ1) is 13.9. The number of alkyl halides is 1. The molecule has 0 saturated carbocycles. The van der Waals surface area contributed by atoms with Gasteiger partial charge in [0.1, 0.15) is 0 Å². The number of rotatable bonds is 5. The Bertz CT molecular complexity index is 392. The summed E-state index contributed by atoms with van der Waals surface area (Å²) in [5, 5.41) is 3.08. The first-order valence-electron chi connectivity index (χ1n) is 6.73. The fourth-order valence-electron chi connectivity index (χ4n) is 2.37. The Balaban J connectivity index is 2.02. The van der Waals surface area contributed by atoms with Crippen molar-refractivity contribution in [2.24, 2.45) is 0 Å². The average Bonchev–Trinajstić information content (AvgIpc) is 2.82. The summed E-state index contributed by atoms with van der Waals surface area (Å²) in [5.41, 5.74) is 1.39. The monoisotopic (exact) mass is 285 g/mol. The van der Waals surface area contributed by atoms with Gasteiger partial charge in [0.2, 0.25) is 0 Å². The minimum Gasteiger partial charge on any atom is -0.349 e. The van der Waals surface area contributed by atoms with Crippen molar-refractivity contribution in [3.8, 4) is 0 Å². The zero-order chi connectivity index (χ0) is 13.0. The zero-order valence-corrected chi connectivity index (χ0v) is 12.4. The lowest BCUT2D eigenvalue weighted by Crippen LogP contribution is -2.34. The van der Waals surface area contributed by atoms with Crippen LogP contribution in [0.25, 0.3) is 0 Å². The van der Waals surface area contributed by atoms with E-state index < -0.39 is 0 Å². The molecule has 0 bridgehead atoms. The topological polar surface area (TPSA) is 29.1 Å². The van der Waals surface area contributed by atoms with E-state index in [4.69, 9.17) is 11.6 Å². The molecule has 1 heterocycles. The number of thiophene rings is 1. The molecule has 1 aliphatic carbocycles. The normalized spacial score (nSPS) is 16.1. The van der Waals surface area contributed by atoms with Crippen LogP contribution in [0.15, 0.2) is 6.07 Å². The lowest BCUT2D eigenvalue weighted by atomic mass is 9.99. The number of carbonyl (C=O) groups is 1. The number of halogens is 1. The van der Waals surface area contributed by atoms with Crippen molar-refractivity contribution >= 4 is 28.8 Å². The van der Waals surface area contributed by atoms with E-state index in [9.17, 15) is 4.79 Å². The van der Waals surface area contributed by atoms with Gasteiger partial charge in [-0.15, -0.1) is 22.9 Å². The Kier molecular flexibility index (Phi) is 5.07. The van der Waals surface area contributed by atoms with Crippen molar-refractivity contribution in [2.75, 3.05) is 5.88 Å². The Morgan fingerprint density at radius 3 is 2.94 bits per heavy atom. The molecule has 4 heteroatoms. The molecule has 0 saturated heterocycles. The molecule has 1 atom stereocenters. The van der Waals surface area contributed by atoms with Gasteiger partial charge in [-0.2, -0.15) is 0 Å². The SMILES string of the molecule is CCC(CCCl)NC(=O)c1cc2c(s1)CCCC2. The van der Waals surface area contributed by atoms with Crippen molar-refractivity contribution in [3.63, 3.8) is 0 Å². The van der Waals surface area contributed by atoms with Gasteiger partial charge >= 0.3 is 0 Å². The summed E-state index contributed by atoms with van der Waals surface area (Å²) in [4.78, 5) is 14.4. The molecular formula is C14H20ClNOS. The van der Waals surface area contributed by atoms with Gasteiger partial charge in [0.05, 0.1) is 4.88 Å². The summed E-state index contributed by atoms with van der Waals surface area (Å²) >= 11 is 7.41. The minimum atomic E-state index is 0.0753. The quantitative estimate of drug-likeness (QED) is 0.820. The van der Waals surface area contributed by atoms with Crippen molar-refractivity contribution in [1.29, 1.82) is 0 Å². The van der Waals surface area contributed by atoms with Gasteiger partial charge in [0.25, 0.3) is 5.91 Å². The molecule has 0 fully saturated rings. The largest absolute Gasteiger partial charge is 0.349 e. The highest BCUT2D eigenvalue weighted by Gasteiger charge is 2.18. The van der Waals surface area contributed by atoms with Crippen LogP contribution >= 0.6 is 22.9 Å². The molecule has 1 amide bonds. The highest BCUT2D eigenvalue weighted by atomic mass is 35.5. The maximum absolute atomic E-state index is 12.2. The van der Waals surface area contributed by atoms with E-state index in [2.05, 4.69) is 18.3 Å². The van der Waals surface area contributed by atoms with Gasteiger partial charge in [-0.1, -0.05) is 6.92 Å². The van der Waals surface area contributed by atoms with Crippen LogP contribution in [-0.2, 0) is 12.8 Å². The zero-order valence-electron chi connectivity index (χ0n) is 10.8. The van der Waals surface area contributed by atoms with Gasteiger partial charge in [-0.05, 0) is 50.2 Å². The standard InChI is InChI=1S/C14H20ClNOS/c1-2-11(7-8-15)16-14(17)13-9-10-5-3-4-6-12(10)18-13/h9,11H,2-8H2,1H3,(H,16,17). The Morgan fingerprint density at radius 1 is 1.50 bits per heavy atom. The third-order valence-corrected chi connectivity index (χ3v) is 4.96. The van der Waals surface area contributed by atoms with E-state index in [-0.39, 0.29) is 11.9 Å². The number of hydrogen-bond donors (Lipinski definition) is 1. The second-order valence-electron chi connectivity index (χ2n) is 4.82. The minimum absolute atomic E-state index is 0.0753. The van der Waals surface area contributed by atoms with E-state index in [0.29, 0.717) is 5.88 Å². The number of nitrogens with one attached hydrogen (secondary N) is 1. The Hall–Kier alpha value is -0.540. The third kappa shape index (κ3) is 3.27. The lowest BCUT2D eigenvalue weighted by Gasteiger charge is -2.14. The lowest BCUT2D eigenvalue weighted by molar-refractivity contribution is 0.0939. The number of carbonyl (C=O) groups excluding carboxylic acids is 1. The van der Waals surface area contributed by atoms with Crippen LogP contribution in [0.2, 0.25) is 0 Å². The maximum atomic E-state index is 12.2. The molecule has 1 aromatic rings. The highest BCUT2D eigenvalue weighted by molar-refractivity contribution is 7.14. The van der Waals surface area contributed by atoms with Crippen LogP contribution in [0.4, 0.5) is 0 Å². The molecule has 1 aromatic heterocycles. The number of aryl methyl sites for hydroxylation is 2. The molecule has 1 aliphatic rings. The van der Waals surface area contributed by atoms with E-state index in [1.807, 2.05) is 0 Å². The van der Waals surface area contributed by atoms with E-state index in [1.54, 1.807) is 11.3 Å². The van der Waals surface area contributed by atoms with E-state index in [0.717, 1.165) is 30.6 Å². The van der Waals surface area contributed by atoms with Crippen LogP contribution < -0.4 is 5.32 Å². The van der Waals surface area contributed by atoms with Crippen molar-refractivity contribution in [2.45, 2.75) is 51.5 Å². The third-order valence-electron chi connectivity index (χ3n) is 3.51. The summed E-state index contributed by atoms with van der Waals surface area (Å²) in [6.07, 6.45) is 6.58. The van der Waals surface area contributed by atoms with Crippen LogP contribution in [0, 0.1) is 0 Å². The first-order valence-corrected chi connectivity index (χ1v) is 8.08. The Labute approximate surface area is 118 Å². The predicted molar refractivity (Wildman–Crippen MR) is 77.8 cm³/mol. The molecule has 18 heavy (non-hydrogen) atoms. The summed E-state index contributed by atoms with van der Waals surface area (Å²) in [5.74, 6) is 0.672. The molecule has 100 valence electrons. The maximum Gasteiger partial charge on any atom is 0.261 e. The van der Waals surface area contributed by atoms with Crippen molar-refractivity contribution < 1.29 is 4.79 Å². The molecule has 0 spiro atoms. The van der Waals surface area contributed by atoms with Crippen molar-refractivity contribution in [3.05, 3.63) is 21.4 Å².